The molecule has 166 valence electrons. The molecular formula is C24H28N6O2. The van der Waals surface area contributed by atoms with Gasteiger partial charge in [0.2, 0.25) is 0 Å². The number of unbranched alkanes of at least 4 members (excludes halogenated alkanes) is 1. The summed E-state index contributed by atoms with van der Waals surface area (Å²) >= 11 is 0. The fourth-order valence-electron chi connectivity index (χ4n) is 4.00. The number of imidazole rings is 1. The average Bonchev–Trinajstić information content (AvgIpc) is 3.19. The number of hydrogen-bond acceptors (Lipinski definition) is 5. The Morgan fingerprint density at radius 3 is 2.50 bits per heavy atom. The van der Waals surface area contributed by atoms with Crippen molar-refractivity contribution in [2.45, 2.75) is 52.4 Å². The summed E-state index contributed by atoms with van der Waals surface area (Å²) in [6, 6.07) is 15.8. The van der Waals surface area contributed by atoms with Gasteiger partial charge in [-0.05, 0) is 31.0 Å². The molecule has 1 aromatic carbocycles. The number of aromatic amines is 1. The van der Waals surface area contributed by atoms with Crippen LogP contribution in [0.5, 0.6) is 0 Å². The van der Waals surface area contributed by atoms with Gasteiger partial charge in [-0.3, -0.25) is 24.6 Å². The average molecular weight is 433 g/mol. The van der Waals surface area contributed by atoms with E-state index in [9.17, 15) is 9.59 Å². The van der Waals surface area contributed by atoms with E-state index in [0.29, 0.717) is 36.6 Å². The second kappa shape index (κ2) is 9.74. The van der Waals surface area contributed by atoms with Crippen molar-refractivity contribution in [1.82, 2.24) is 29.4 Å². The number of aryl methyl sites for hydroxylation is 2. The predicted octanol–water partition coefficient (Wildman–Crippen LogP) is 2.98. The van der Waals surface area contributed by atoms with Gasteiger partial charge < -0.3 is 4.57 Å². The molecule has 32 heavy (non-hydrogen) atoms. The van der Waals surface area contributed by atoms with Gasteiger partial charge in [-0.15, -0.1) is 0 Å². The highest BCUT2D eigenvalue weighted by Gasteiger charge is 2.20. The topological polar surface area (TPSA) is 97.6 Å². The van der Waals surface area contributed by atoms with Gasteiger partial charge in [-0.2, -0.15) is 0 Å². The molecular weight excluding hydrogens is 404 g/mol. The fraction of sp³-hybridized carbons (Fsp3) is 0.333. The Bertz CT molecular complexity index is 1250. The lowest BCUT2D eigenvalue weighted by atomic mass is 10.0. The molecule has 0 saturated carbocycles. The monoisotopic (exact) mass is 432 g/mol. The zero-order valence-electron chi connectivity index (χ0n) is 18.4. The summed E-state index contributed by atoms with van der Waals surface area (Å²) in [6.07, 6.45) is 3.56. The summed E-state index contributed by atoms with van der Waals surface area (Å²) in [4.78, 5) is 36.8. The maximum absolute atomic E-state index is 12.6. The Hall–Kier alpha value is -3.52. The largest absolute Gasteiger partial charge is 0.330 e. The van der Waals surface area contributed by atoms with Crippen molar-refractivity contribution >= 4 is 11.2 Å². The van der Waals surface area contributed by atoms with Gasteiger partial charge in [-0.1, -0.05) is 49.7 Å². The van der Waals surface area contributed by atoms with Crippen LogP contribution in [-0.4, -0.2) is 24.1 Å². The molecule has 0 radical (unpaired) electrons. The van der Waals surface area contributed by atoms with Gasteiger partial charge in [0.15, 0.2) is 11.2 Å². The smallest absolute Gasteiger partial charge is 0.321 e. The Kier molecular flexibility index (Phi) is 6.61. The van der Waals surface area contributed by atoms with Crippen LogP contribution in [0.3, 0.4) is 0 Å². The van der Waals surface area contributed by atoms with E-state index in [2.05, 4.69) is 34.3 Å². The van der Waals surface area contributed by atoms with E-state index in [1.807, 2.05) is 47.9 Å². The molecule has 0 amide bonds. The van der Waals surface area contributed by atoms with Crippen LogP contribution in [0, 0.1) is 0 Å². The lowest BCUT2D eigenvalue weighted by molar-refractivity contribution is 0.556. The molecule has 3 aromatic heterocycles. The van der Waals surface area contributed by atoms with Crippen molar-refractivity contribution in [3.05, 3.63) is 92.6 Å². The number of nitrogens with zero attached hydrogens (tertiary/aromatic N) is 4. The second-order valence-corrected chi connectivity index (χ2v) is 7.69. The van der Waals surface area contributed by atoms with Gasteiger partial charge in [0.1, 0.15) is 5.82 Å². The normalized spacial score (nSPS) is 12.3. The Balaban J connectivity index is 1.74. The maximum Gasteiger partial charge on any atom is 0.330 e. The molecule has 0 saturated heterocycles. The third-order valence-corrected chi connectivity index (χ3v) is 5.60. The first-order chi connectivity index (χ1) is 15.6. The van der Waals surface area contributed by atoms with Gasteiger partial charge >= 0.3 is 5.69 Å². The number of fused-ring (bicyclic) bond motifs is 1. The first-order valence-electron chi connectivity index (χ1n) is 11.1. The highest BCUT2D eigenvalue weighted by molar-refractivity contribution is 5.71. The molecule has 0 spiro atoms. The van der Waals surface area contributed by atoms with E-state index in [1.165, 1.54) is 0 Å². The second-order valence-electron chi connectivity index (χ2n) is 7.69. The minimum atomic E-state index is -0.410. The van der Waals surface area contributed by atoms with E-state index in [0.717, 1.165) is 24.1 Å². The molecule has 8 nitrogen and oxygen atoms in total. The molecule has 0 aliphatic carbocycles. The van der Waals surface area contributed by atoms with E-state index >= 15 is 0 Å². The van der Waals surface area contributed by atoms with Crippen LogP contribution in [0.1, 0.15) is 49.8 Å². The van der Waals surface area contributed by atoms with E-state index in [4.69, 9.17) is 4.98 Å². The number of hydrogen-bond donors (Lipinski definition) is 2. The standard InChI is InChI=1S/C24H28N6O2/c1-3-5-15-30-22-21(23(31)28-24(30)32)29(4-2)19(27-22)16-26-20(17-11-7-6-8-12-17)18-13-9-10-14-25-18/h6-14,20,26H,3-5,15-16H2,1-2H3,(H,28,31,32). The van der Waals surface area contributed by atoms with Crippen molar-refractivity contribution in [3.63, 3.8) is 0 Å². The van der Waals surface area contributed by atoms with E-state index < -0.39 is 11.2 Å². The number of nitrogens with one attached hydrogen (secondary N) is 2. The molecule has 8 heteroatoms. The van der Waals surface area contributed by atoms with Crippen LogP contribution in [0.4, 0.5) is 0 Å². The highest BCUT2D eigenvalue weighted by atomic mass is 16.2. The zero-order valence-corrected chi connectivity index (χ0v) is 18.4. The van der Waals surface area contributed by atoms with Crippen molar-refractivity contribution in [2.75, 3.05) is 0 Å². The third-order valence-electron chi connectivity index (χ3n) is 5.60. The summed E-state index contributed by atoms with van der Waals surface area (Å²) in [5.74, 6) is 0.709. The number of benzene rings is 1. The molecule has 2 N–H and O–H groups in total. The summed E-state index contributed by atoms with van der Waals surface area (Å²) in [6.45, 7) is 5.55. The number of rotatable bonds is 9. The lowest BCUT2D eigenvalue weighted by Crippen LogP contribution is -2.31. The van der Waals surface area contributed by atoms with Crippen LogP contribution < -0.4 is 16.6 Å². The van der Waals surface area contributed by atoms with E-state index in [1.54, 1.807) is 10.8 Å². The minimum Gasteiger partial charge on any atom is -0.321 e. The minimum absolute atomic E-state index is 0.136. The van der Waals surface area contributed by atoms with Gasteiger partial charge in [-0.25, -0.2) is 9.78 Å². The third kappa shape index (κ3) is 4.27. The summed E-state index contributed by atoms with van der Waals surface area (Å²) in [7, 11) is 0. The number of H-pyrrole nitrogens is 1. The van der Waals surface area contributed by atoms with Gasteiger partial charge in [0, 0.05) is 19.3 Å². The predicted molar refractivity (Wildman–Crippen MR) is 125 cm³/mol. The Labute approximate surface area is 186 Å². The van der Waals surface area contributed by atoms with Crippen molar-refractivity contribution in [1.29, 1.82) is 0 Å². The Morgan fingerprint density at radius 1 is 1.03 bits per heavy atom. The van der Waals surface area contributed by atoms with Gasteiger partial charge in [0.25, 0.3) is 5.56 Å². The molecule has 4 aromatic rings. The first kappa shape index (κ1) is 21.7. The molecule has 0 fully saturated rings. The summed E-state index contributed by atoms with van der Waals surface area (Å²) in [5, 5.41) is 3.56. The maximum atomic E-state index is 12.6. The summed E-state index contributed by atoms with van der Waals surface area (Å²) < 4.78 is 3.45. The molecule has 1 atom stereocenters. The fourth-order valence-corrected chi connectivity index (χ4v) is 4.00. The summed E-state index contributed by atoms with van der Waals surface area (Å²) in [5.41, 5.74) is 2.06. The van der Waals surface area contributed by atoms with Crippen LogP contribution in [-0.2, 0) is 19.6 Å². The van der Waals surface area contributed by atoms with Crippen LogP contribution in [0.2, 0.25) is 0 Å². The zero-order chi connectivity index (χ0) is 22.5. The van der Waals surface area contributed by atoms with E-state index in [-0.39, 0.29) is 6.04 Å². The quantitative estimate of drug-likeness (QED) is 0.424. The highest BCUT2D eigenvalue weighted by Crippen LogP contribution is 2.21. The molecule has 4 rings (SSSR count). The number of pyridine rings is 1. The molecule has 0 bridgehead atoms. The van der Waals surface area contributed by atoms with Crippen LogP contribution in [0.25, 0.3) is 11.2 Å². The molecule has 0 aliphatic heterocycles. The van der Waals surface area contributed by atoms with Crippen molar-refractivity contribution in [3.8, 4) is 0 Å². The SMILES string of the molecule is CCCCn1c(=O)[nH]c(=O)c2c1nc(CNC(c1ccccc1)c1ccccn1)n2CC. The molecule has 1 unspecified atom stereocenters. The van der Waals surface area contributed by atoms with Gasteiger partial charge in [0.05, 0.1) is 18.3 Å². The van der Waals surface area contributed by atoms with Crippen LogP contribution in [0.15, 0.2) is 64.3 Å². The number of aromatic nitrogens is 5. The van der Waals surface area contributed by atoms with Crippen molar-refractivity contribution in [2.24, 2.45) is 0 Å². The Morgan fingerprint density at radius 2 is 1.81 bits per heavy atom. The first-order valence-corrected chi connectivity index (χ1v) is 11.1. The van der Waals surface area contributed by atoms with Crippen LogP contribution >= 0.6 is 0 Å². The lowest BCUT2D eigenvalue weighted by Gasteiger charge is -2.19. The molecule has 0 aliphatic rings. The molecule has 3 heterocycles. The van der Waals surface area contributed by atoms with Crippen molar-refractivity contribution < 1.29 is 0 Å².